The quantitative estimate of drug-likeness (QED) is 0.486. The van der Waals surface area contributed by atoms with Gasteiger partial charge in [-0.15, -0.1) is 0 Å². The van der Waals surface area contributed by atoms with Crippen molar-refractivity contribution < 1.29 is 24.5 Å². The summed E-state index contributed by atoms with van der Waals surface area (Å²) in [6.07, 6.45) is 7.26. The molecular formula is C22H38N2O5. The van der Waals surface area contributed by atoms with Gasteiger partial charge in [-0.2, -0.15) is 0 Å². The van der Waals surface area contributed by atoms with E-state index in [1.165, 1.54) is 0 Å². The molecule has 1 saturated heterocycles. The number of ether oxygens (including phenoxy) is 2. The molecule has 3 atom stereocenters. The van der Waals surface area contributed by atoms with Crippen LogP contribution in [0.2, 0.25) is 0 Å². The van der Waals surface area contributed by atoms with E-state index in [9.17, 15) is 15.0 Å². The SMILES string of the molecule is CC(C)C[C@H](N)[C@](O)(CC1C=C(OC2CC(C)(C)OC(C)(C)C2)C=CN1)C(=O)O. The molecule has 0 amide bonds. The third-order valence-corrected chi connectivity index (χ3v) is 5.46. The van der Waals surface area contributed by atoms with Crippen molar-refractivity contribution in [2.24, 2.45) is 11.7 Å². The summed E-state index contributed by atoms with van der Waals surface area (Å²) in [5, 5.41) is 23.6. The van der Waals surface area contributed by atoms with Crippen LogP contribution in [0, 0.1) is 5.92 Å². The van der Waals surface area contributed by atoms with Gasteiger partial charge in [-0.25, -0.2) is 4.79 Å². The number of carboxylic acid groups (broad SMARTS) is 1. The molecule has 0 aliphatic carbocycles. The summed E-state index contributed by atoms with van der Waals surface area (Å²) in [6, 6.07) is -1.25. The fourth-order valence-corrected chi connectivity index (χ4v) is 4.46. The third-order valence-electron chi connectivity index (χ3n) is 5.46. The first-order valence-corrected chi connectivity index (χ1v) is 10.4. The van der Waals surface area contributed by atoms with E-state index in [2.05, 4.69) is 33.0 Å². The average Bonchev–Trinajstić information content (AvgIpc) is 2.50. The van der Waals surface area contributed by atoms with Gasteiger partial charge in [0, 0.05) is 31.5 Å². The Morgan fingerprint density at radius 1 is 1.34 bits per heavy atom. The maximum Gasteiger partial charge on any atom is 0.337 e. The molecule has 166 valence electrons. The molecule has 0 aromatic carbocycles. The summed E-state index contributed by atoms with van der Waals surface area (Å²) in [7, 11) is 0. The van der Waals surface area contributed by atoms with Crippen LogP contribution in [-0.2, 0) is 14.3 Å². The van der Waals surface area contributed by atoms with Crippen LogP contribution >= 0.6 is 0 Å². The molecule has 7 nitrogen and oxygen atoms in total. The molecule has 1 fully saturated rings. The molecular weight excluding hydrogens is 372 g/mol. The van der Waals surface area contributed by atoms with E-state index < -0.39 is 23.7 Å². The highest BCUT2D eigenvalue weighted by atomic mass is 16.5. The highest BCUT2D eigenvalue weighted by Gasteiger charge is 2.44. The first kappa shape index (κ1) is 23.7. The molecule has 5 N–H and O–H groups in total. The van der Waals surface area contributed by atoms with Crippen molar-refractivity contribution in [1.82, 2.24) is 5.32 Å². The fraction of sp³-hybridized carbons (Fsp3) is 0.773. The largest absolute Gasteiger partial charge is 0.490 e. The molecule has 0 aromatic heterocycles. The van der Waals surface area contributed by atoms with E-state index >= 15 is 0 Å². The second kappa shape index (κ2) is 8.66. The van der Waals surface area contributed by atoms with E-state index in [0.29, 0.717) is 12.2 Å². The minimum absolute atomic E-state index is 0.00930. The third kappa shape index (κ3) is 6.46. The van der Waals surface area contributed by atoms with Crippen LogP contribution < -0.4 is 11.1 Å². The Morgan fingerprint density at radius 3 is 2.45 bits per heavy atom. The van der Waals surface area contributed by atoms with Crippen molar-refractivity contribution in [3.63, 3.8) is 0 Å². The Bertz CT molecular complexity index is 640. The topological polar surface area (TPSA) is 114 Å². The molecule has 0 aromatic rings. The van der Waals surface area contributed by atoms with Gasteiger partial charge < -0.3 is 30.7 Å². The van der Waals surface area contributed by atoms with Crippen molar-refractivity contribution in [3.8, 4) is 0 Å². The maximum absolute atomic E-state index is 11.8. The second-order valence-electron chi connectivity index (χ2n) is 10.1. The lowest BCUT2D eigenvalue weighted by molar-refractivity contribution is -0.189. The average molecular weight is 411 g/mol. The molecule has 1 unspecified atom stereocenters. The zero-order chi connectivity index (χ0) is 22.0. The van der Waals surface area contributed by atoms with E-state index in [0.717, 1.165) is 12.8 Å². The number of hydrogen-bond acceptors (Lipinski definition) is 6. The van der Waals surface area contributed by atoms with E-state index in [1.807, 2.05) is 26.0 Å². The number of rotatable bonds is 8. The maximum atomic E-state index is 11.8. The Kier molecular flexibility index (Phi) is 7.08. The monoisotopic (exact) mass is 410 g/mol. The molecule has 2 aliphatic rings. The number of carboxylic acids is 1. The summed E-state index contributed by atoms with van der Waals surface area (Å²) in [5.74, 6) is -0.451. The first-order valence-electron chi connectivity index (χ1n) is 10.4. The summed E-state index contributed by atoms with van der Waals surface area (Å²) >= 11 is 0. The van der Waals surface area contributed by atoms with Crippen LogP contribution in [0.1, 0.15) is 67.2 Å². The van der Waals surface area contributed by atoms with Gasteiger partial charge in [0.2, 0.25) is 0 Å². The van der Waals surface area contributed by atoms with Gasteiger partial charge in [0.05, 0.1) is 17.2 Å². The number of hydrogen-bond donors (Lipinski definition) is 4. The van der Waals surface area contributed by atoms with Gasteiger partial charge in [0.1, 0.15) is 11.9 Å². The predicted octanol–water partition coefficient (Wildman–Crippen LogP) is 2.69. The Hall–Kier alpha value is -1.57. The van der Waals surface area contributed by atoms with Gasteiger partial charge >= 0.3 is 5.97 Å². The van der Waals surface area contributed by atoms with E-state index in [-0.39, 0.29) is 29.6 Å². The molecule has 29 heavy (non-hydrogen) atoms. The lowest BCUT2D eigenvalue weighted by atomic mass is 9.83. The number of nitrogens with two attached hydrogens (primary N) is 1. The Morgan fingerprint density at radius 2 is 1.93 bits per heavy atom. The van der Waals surface area contributed by atoms with Crippen molar-refractivity contribution >= 4 is 5.97 Å². The molecule has 0 saturated carbocycles. The molecule has 2 rings (SSSR count). The van der Waals surface area contributed by atoms with Gasteiger partial charge in [0.25, 0.3) is 0 Å². The van der Waals surface area contributed by atoms with Gasteiger partial charge in [-0.1, -0.05) is 13.8 Å². The van der Waals surface area contributed by atoms with Crippen molar-refractivity contribution in [3.05, 3.63) is 24.1 Å². The van der Waals surface area contributed by atoms with Gasteiger partial charge in [0.15, 0.2) is 5.60 Å². The summed E-state index contributed by atoms with van der Waals surface area (Å²) in [6.45, 7) is 12.1. The second-order valence-corrected chi connectivity index (χ2v) is 10.1. The van der Waals surface area contributed by atoms with Crippen LogP contribution in [0.4, 0.5) is 0 Å². The van der Waals surface area contributed by atoms with Crippen LogP contribution in [0.25, 0.3) is 0 Å². The van der Waals surface area contributed by atoms with Crippen molar-refractivity contribution in [1.29, 1.82) is 0 Å². The smallest absolute Gasteiger partial charge is 0.337 e. The summed E-state index contributed by atoms with van der Waals surface area (Å²) < 4.78 is 12.3. The molecule has 0 radical (unpaired) electrons. The highest BCUT2D eigenvalue weighted by Crippen LogP contribution is 2.37. The first-order chi connectivity index (χ1) is 13.2. The minimum Gasteiger partial charge on any atom is -0.490 e. The molecule has 7 heteroatoms. The van der Waals surface area contributed by atoms with Gasteiger partial charge in [-0.3, -0.25) is 0 Å². The predicted molar refractivity (Wildman–Crippen MR) is 112 cm³/mol. The van der Waals surface area contributed by atoms with Crippen LogP contribution in [0.3, 0.4) is 0 Å². The highest BCUT2D eigenvalue weighted by molar-refractivity contribution is 5.78. The summed E-state index contributed by atoms with van der Waals surface area (Å²) in [5.41, 5.74) is 3.49. The fourth-order valence-electron chi connectivity index (χ4n) is 4.46. The molecule has 0 bridgehead atoms. The van der Waals surface area contributed by atoms with Crippen LogP contribution in [0.15, 0.2) is 24.1 Å². The minimum atomic E-state index is -2.02. The zero-order valence-corrected chi connectivity index (χ0v) is 18.6. The number of aliphatic carboxylic acids is 1. The molecule has 2 heterocycles. The number of carbonyl (C=O) groups is 1. The standard InChI is InChI=1S/C22H38N2O5/c1-14(2)9-18(23)22(27,19(25)26)11-15-10-16(7-8-24-15)28-17-12-20(3,4)29-21(5,6)13-17/h7-8,10,14-15,17-18,24,27H,9,11-13,23H2,1-6H3,(H,25,26)/t15?,18-,22+/m0/s1. The van der Waals surface area contributed by atoms with Crippen molar-refractivity contribution in [2.45, 2.75) is 102 Å². The Labute approximate surface area is 174 Å². The number of allylic oxidation sites excluding steroid dienone is 1. The van der Waals surface area contributed by atoms with Crippen molar-refractivity contribution in [2.75, 3.05) is 0 Å². The normalized spacial score (nSPS) is 26.9. The molecule has 0 spiro atoms. The number of aliphatic hydroxyl groups is 1. The zero-order valence-electron chi connectivity index (χ0n) is 18.6. The lowest BCUT2D eigenvalue weighted by Gasteiger charge is -2.45. The number of dihydropyridines is 1. The van der Waals surface area contributed by atoms with E-state index in [1.54, 1.807) is 6.20 Å². The lowest BCUT2D eigenvalue weighted by Crippen LogP contribution is -2.57. The number of nitrogens with one attached hydrogen (secondary N) is 1. The van der Waals surface area contributed by atoms with Crippen LogP contribution in [-0.4, -0.2) is 51.2 Å². The summed E-state index contributed by atoms with van der Waals surface area (Å²) in [4.78, 5) is 11.8. The van der Waals surface area contributed by atoms with E-state index in [4.69, 9.17) is 15.2 Å². The Balaban J connectivity index is 2.10. The van der Waals surface area contributed by atoms with Gasteiger partial charge in [-0.05, 0) is 52.2 Å². The van der Waals surface area contributed by atoms with Crippen LogP contribution in [0.5, 0.6) is 0 Å². The molecule has 2 aliphatic heterocycles.